The third kappa shape index (κ3) is 1.77. The van der Waals surface area contributed by atoms with E-state index in [0.717, 1.165) is 0 Å². The molecule has 5 fully saturated rings. The molecular formula is C20H24O8. The zero-order valence-corrected chi connectivity index (χ0v) is 16.0. The van der Waals surface area contributed by atoms with Crippen molar-refractivity contribution in [1.82, 2.24) is 0 Å². The van der Waals surface area contributed by atoms with Crippen molar-refractivity contribution in [3.63, 3.8) is 0 Å². The lowest BCUT2D eigenvalue weighted by Gasteiger charge is -2.53. The highest BCUT2D eigenvalue weighted by Crippen LogP contribution is 2.64. The third-order valence-corrected chi connectivity index (χ3v) is 8.06. The van der Waals surface area contributed by atoms with Crippen LogP contribution in [0.3, 0.4) is 0 Å². The maximum absolute atomic E-state index is 12.7. The number of fused-ring (bicyclic) bond motifs is 5. The SMILES string of the molecule is CC1=C[C@]23O[C@H](C[C@H]4[C@H](C)C(=O)O[C@@H]4[C@@]1(O)O2)[C@@H]1C(=O)O[C@H]2C[C@@](C)(O)C3[C@@H]12. The van der Waals surface area contributed by atoms with Crippen molar-refractivity contribution in [2.24, 2.45) is 29.6 Å². The van der Waals surface area contributed by atoms with Crippen LogP contribution in [0.5, 0.6) is 0 Å². The Morgan fingerprint density at radius 2 is 1.89 bits per heavy atom. The van der Waals surface area contributed by atoms with Gasteiger partial charge < -0.3 is 29.2 Å². The summed E-state index contributed by atoms with van der Waals surface area (Å²) in [6.45, 7) is 5.18. The van der Waals surface area contributed by atoms with Crippen LogP contribution in [0, 0.1) is 29.6 Å². The van der Waals surface area contributed by atoms with Crippen LogP contribution in [0.2, 0.25) is 0 Å². The second-order valence-electron chi connectivity index (χ2n) is 9.67. The van der Waals surface area contributed by atoms with Gasteiger partial charge in [-0.15, -0.1) is 0 Å². The first-order chi connectivity index (χ1) is 13.1. The Balaban J connectivity index is 1.55. The fourth-order valence-electron chi connectivity index (χ4n) is 6.90. The van der Waals surface area contributed by atoms with Crippen LogP contribution in [0.4, 0.5) is 0 Å². The molecule has 0 amide bonds. The number of carbonyl (C=O) groups is 2. The van der Waals surface area contributed by atoms with Gasteiger partial charge in [-0.3, -0.25) is 9.59 Å². The minimum absolute atomic E-state index is 0.266. The van der Waals surface area contributed by atoms with Gasteiger partial charge in [-0.1, -0.05) is 6.92 Å². The predicted octanol–water partition coefficient (Wildman–Crippen LogP) is 0.257. The number of rotatable bonds is 0. The standard InChI is InChI=1S/C20H24O8/c1-7-5-19-14-12-11(6-18(14,3)23)25-17(22)13(12)10(27-19)4-9-8(2)16(21)26-15(9)20(7,24)28-19/h5,8-15,23-24H,4,6H2,1-3H3/t8-,9-,10+,11-,12+,13-,14?,15-,18+,19-,20-/m0/s1. The Bertz CT molecular complexity index is 834. The van der Waals surface area contributed by atoms with Crippen LogP contribution in [-0.4, -0.2) is 57.6 Å². The van der Waals surface area contributed by atoms with Gasteiger partial charge in [0, 0.05) is 18.3 Å². The van der Waals surface area contributed by atoms with E-state index in [2.05, 4.69) is 0 Å². The van der Waals surface area contributed by atoms with Gasteiger partial charge >= 0.3 is 11.9 Å². The van der Waals surface area contributed by atoms with Gasteiger partial charge in [0.15, 0.2) is 11.9 Å². The van der Waals surface area contributed by atoms with Crippen molar-refractivity contribution >= 4 is 11.9 Å². The van der Waals surface area contributed by atoms with E-state index in [0.29, 0.717) is 18.4 Å². The van der Waals surface area contributed by atoms with E-state index in [4.69, 9.17) is 18.9 Å². The molecule has 11 atom stereocenters. The van der Waals surface area contributed by atoms with Crippen LogP contribution in [0.25, 0.3) is 0 Å². The van der Waals surface area contributed by atoms with E-state index < -0.39 is 59.2 Å². The highest BCUT2D eigenvalue weighted by molar-refractivity contribution is 5.77. The fraction of sp³-hybridized carbons (Fsp3) is 0.800. The van der Waals surface area contributed by atoms with Gasteiger partial charge in [0.2, 0.25) is 5.79 Å². The first kappa shape index (κ1) is 17.4. The maximum atomic E-state index is 12.7. The van der Waals surface area contributed by atoms with Crippen molar-refractivity contribution in [3.05, 3.63) is 11.6 Å². The number of carbonyl (C=O) groups excluding carboxylic acids is 2. The van der Waals surface area contributed by atoms with Gasteiger partial charge in [-0.05, 0) is 31.9 Å². The molecule has 0 aromatic carbocycles. The molecule has 0 aromatic rings. The molecule has 5 aliphatic heterocycles. The van der Waals surface area contributed by atoms with Crippen molar-refractivity contribution in [3.8, 4) is 0 Å². The van der Waals surface area contributed by atoms with Crippen LogP contribution in [0.15, 0.2) is 11.6 Å². The summed E-state index contributed by atoms with van der Waals surface area (Å²) in [4.78, 5) is 25.0. The normalized spacial score (nSPS) is 61.1. The molecule has 6 rings (SSSR count). The molecule has 4 saturated heterocycles. The van der Waals surface area contributed by atoms with E-state index in [-0.39, 0.29) is 17.8 Å². The lowest BCUT2D eigenvalue weighted by Crippen LogP contribution is -2.64. The van der Waals surface area contributed by atoms with Gasteiger partial charge in [0.05, 0.1) is 29.5 Å². The van der Waals surface area contributed by atoms with E-state index in [1.165, 1.54) is 0 Å². The molecule has 0 aromatic heterocycles. The van der Waals surface area contributed by atoms with Gasteiger partial charge in [0.1, 0.15) is 6.10 Å². The Morgan fingerprint density at radius 1 is 1.14 bits per heavy atom. The van der Waals surface area contributed by atoms with E-state index in [9.17, 15) is 19.8 Å². The Kier molecular flexibility index (Phi) is 2.98. The summed E-state index contributed by atoms with van der Waals surface area (Å²) in [6.07, 6.45) is 0.569. The average molecular weight is 392 g/mol. The molecule has 3 bridgehead atoms. The highest BCUT2D eigenvalue weighted by atomic mass is 16.8. The monoisotopic (exact) mass is 392 g/mol. The van der Waals surface area contributed by atoms with Gasteiger partial charge in [0.25, 0.3) is 0 Å². The summed E-state index contributed by atoms with van der Waals surface area (Å²) in [5.74, 6) is -6.09. The molecular weight excluding hydrogens is 368 g/mol. The Labute approximate surface area is 161 Å². The van der Waals surface area contributed by atoms with E-state index >= 15 is 0 Å². The number of aliphatic hydroxyl groups is 2. The lowest BCUT2D eigenvalue weighted by molar-refractivity contribution is -0.390. The molecule has 1 aliphatic carbocycles. The van der Waals surface area contributed by atoms with Crippen molar-refractivity contribution < 1.29 is 38.7 Å². The van der Waals surface area contributed by atoms with Crippen molar-refractivity contribution in [2.45, 2.75) is 69.1 Å². The molecule has 8 heteroatoms. The van der Waals surface area contributed by atoms with Crippen molar-refractivity contribution in [1.29, 1.82) is 0 Å². The number of hydrogen-bond donors (Lipinski definition) is 2. The second-order valence-corrected chi connectivity index (χ2v) is 9.67. The summed E-state index contributed by atoms with van der Waals surface area (Å²) >= 11 is 0. The quantitative estimate of drug-likeness (QED) is 0.446. The molecule has 2 N–H and O–H groups in total. The topological polar surface area (TPSA) is 112 Å². The maximum Gasteiger partial charge on any atom is 0.312 e. The first-order valence-electron chi connectivity index (χ1n) is 10.0. The molecule has 0 radical (unpaired) electrons. The zero-order valence-electron chi connectivity index (χ0n) is 16.0. The van der Waals surface area contributed by atoms with E-state index in [1.807, 2.05) is 0 Å². The molecule has 6 aliphatic rings. The smallest absolute Gasteiger partial charge is 0.312 e. The average Bonchev–Trinajstić information content (AvgIpc) is 3.21. The number of esters is 2. The summed E-state index contributed by atoms with van der Waals surface area (Å²) in [6, 6.07) is 0. The summed E-state index contributed by atoms with van der Waals surface area (Å²) in [5.41, 5.74) is -0.701. The molecule has 5 heterocycles. The molecule has 1 unspecified atom stereocenters. The Morgan fingerprint density at radius 3 is 2.64 bits per heavy atom. The molecule has 28 heavy (non-hydrogen) atoms. The van der Waals surface area contributed by atoms with Crippen molar-refractivity contribution in [2.75, 3.05) is 0 Å². The zero-order chi connectivity index (χ0) is 19.8. The van der Waals surface area contributed by atoms with Gasteiger partial charge in [-0.25, -0.2) is 0 Å². The Hall–Kier alpha value is -1.48. The predicted molar refractivity (Wildman–Crippen MR) is 90.1 cm³/mol. The van der Waals surface area contributed by atoms with Gasteiger partial charge in [-0.2, -0.15) is 0 Å². The summed E-state index contributed by atoms with van der Waals surface area (Å²) in [7, 11) is 0. The molecule has 1 spiro atoms. The number of hydrogen-bond acceptors (Lipinski definition) is 8. The third-order valence-electron chi connectivity index (χ3n) is 8.06. The minimum atomic E-state index is -1.82. The minimum Gasteiger partial charge on any atom is -0.462 e. The second kappa shape index (κ2) is 4.80. The van der Waals surface area contributed by atoms with Crippen LogP contribution in [-0.2, 0) is 28.5 Å². The fourth-order valence-corrected chi connectivity index (χ4v) is 6.90. The molecule has 1 saturated carbocycles. The van der Waals surface area contributed by atoms with Crippen LogP contribution < -0.4 is 0 Å². The molecule has 152 valence electrons. The van der Waals surface area contributed by atoms with E-state index in [1.54, 1.807) is 26.8 Å². The first-order valence-corrected chi connectivity index (χ1v) is 10.0. The highest BCUT2D eigenvalue weighted by Gasteiger charge is 2.76. The van der Waals surface area contributed by atoms with Crippen LogP contribution in [0.1, 0.15) is 33.6 Å². The summed E-state index contributed by atoms with van der Waals surface area (Å²) < 4.78 is 23.8. The van der Waals surface area contributed by atoms with Crippen LogP contribution >= 0.6 is 0 Å². The largest absolute Gasteiger partial charge is 0.462 e. The lowest BCUT2D eigenvalue weighted by atomic mass is 9.68. The molecule has 8 nitrogen and oxygen atoms in total. The summed E-state index contributed by atoms with van der Waals surface area (Å²) in [5, 5.41) is 22.7. The number of ether oxygens (including phenoxy) is 4.